The van der Waals surface area contributed by atoms with Crippen LogP contribution in [-0.4, -0.2) is 21.6 Å². The van der Waals surface area contributed by atoms with Crippen molar-refractivity contribution in [1.82, 2.24) is 4.98 Å². The van der Waals surface area contributed by atoms with E-state index in [1.54, 1.807) is 13.8 Å². The van der Waals surface area contributed by atoms with Crippen molar-refractivity contribution >= 4 is 10.9 Å². The predicted octanol–water partition coefficient (Wildman–Crippen LogP) is 4.42. The van der Waals surface area contributed by atoms with Crippen LogP contribution in [0.4, 0.5) is 0 Å². The number of fused-ring (bicyclic) bond motifs is 2. The molecule has 128 valence electrons. The number of benzene rings is 2. The Kier molecular flexibility index (Phi) is 3.35. The Morgan fingerprint density at radius 1 is 1.12 bits per heavy atom. The number of rotatable bonds is 2. The topological polar surface area (TPSA) is 68.2 Å². The second-order valence-corrected chi connectivity index (χ2v) is 7.16. The summed E-state index contributed by atoms with van der Waals surface area (Å²) < 4.78 is 6.02. The third kappa shape index (κ3) is 2.30. The van der Waals surface area contributed by atoms with Gasteiger partial charge in [-0.2, -0.15) is 0 Å². The van der Waals surface area contributed by atoms with E-state index in [0.29, 0.717) is 0 Å². The smallest absolute Gasteiger partial charge is 0.262 e. The minimum absolute atomic E-state index is 0.193. The van der Waals surface area contributed by atoms with Gasteiger partial charge in [-0.3, -0.25) is 10.1 Å². The highest BCUT2D eigenvalue weighted by atomic mass is 16.6. The number of nitrogens with zero attached hydrogens (tertiary/aromatic N) is 1. The van der Waals surface area contributed by atoms with E-state index >= 15 is 0 Å². The number of ether oxygens (including phenoxy) is 1. The van der Waals surface area contributed by atoms with Gasteiger partial charge in [0.15, 0.2) is 5.60 Å². The van der Waals surface area contributed by atoms with E-state index in [1.807, 2.05) is 55.5 Å². The van der Waals surface area contributed by atoms with Gasteiger partial charge in [0.2, 0.25) is 0 Å². The lowest BCUT2D eigenvalue weighted by atomic mass is 9.75. The molecule has 1 aliphatic rings. The molecule has 2 aromatic carbocycles. The fourth-order valence-corrected chi connectivity index (χ4v) is 4.13. The van der Waals surface area contributed by atoms with Crippen molar-refractivity contribution in [3.8, 4) is 5.75 Å². The number of nitrogens with one attached hydrogen (secondary N) is 1. The molecule has 5 heteroatoms. The minimum atomic E-state index is -0.909. The van der Waals surface area contributed by atoms with Crippen LogP contribution in [-0.2, 0) is 0 Å². The van der Waals surface area contributed by atoms with E-state index < -0.39 is 11.6 Å². The number of aromatic nitrogens is 1. The van der Waals surface area contributed by atoms with Gasteiger partial charge in [0.05, 0.1) is 5.92 Å². The molecule has 0 radical (unpaired) electrons. The first kappa shape index (κ1) is 15.7. The summed E-state index contributed by atoms with van der Waals surface area (Å²) in [7, 11) is 0. The van der Waals surface area contributed by atoms with Crippen LogP contribution in [0.25, 0.3) is 10.9 Å². The first-order valence-electron chi connectivity index (χ1n) is 8.39. The van der Waals surface area contributed by atoms with Crippen LogP contribution in [0.1, 0.15) is 36.6 Å². The molecule has 0 aliphatic carbocycles. The van der Waals surface area contributed by atoms with Crippen molar-refractivity contribution in [3.63, 3.8) is 0 Å². The van der Waals surface area contributed by atoms with Crippen LogP contribution in [0.3, 0.4) is 0 Å². The van der Waals surface area contributed by atoms with Gasteiger partial charge >= 0.3 is 0 Å². The van der Waals surface area contributed by atoms with Gasteiger partial charge in [-0.1, -0.05) is 36.4 Å². The van der Waals surface area contributed by atoms with Crippen LogP contribution in [0.5, 0.6) is 5.75 Å². The Balaban J connectivity index is 2.05. The van der Waals surface area contributed by atoms with Crippen LogP contribution in [0.15, 0.2) is 48.5 Å². The van der Waals surface area contributed by atoms with Crippen molar-refractivity contribution in [2.24, 2.45) is 0 Å². The van der Waals surface area contributed by atoms with Crippen LogP contribution >= 0.6 is 0 Å². The highest BCUT2D eigenvalue weighted by molar-refractivity contribution is 5.86. The number of hydrogen-bond donors (Lipinski definition) is 1. The van der Waals surface area contributed by atoms with E-state index in [2.05, 4.69) is 4.98 Å². The standard InChI is InChI=1S/C20H20N2O3/c1-12-17(13-8-4-6-10-15(13)21-12)18-14-9-5-7-11-16(14)25-20(2,3)19(18)22(23)24/h4-11,18-19,21H,1-3H3/t18-,19-/m1/s1. The lowest BCUT2D eigenvalue weighted by Gasteiger charge is -2.39. The maximum Gasteiger partial charge on any atom is 0.262 e. The van der Waals surface area contributed by atoms with E-state index in [1.165, 1.54) is 0 Å². The van der Waals surface area contributed by atoms with Crippen molar-refractivity contribution in [2.45, 2.75) is 38.3 Å². The van der Waals surface area contributed by atoms with Crippen molar-refractivity contribution in [2.75, 3.05) is 0 Å². The Morgan fingerprint density at radius 3 is 2.56 bits per heavy atom. The lowest BCUT2D eigenvalue weighted by molar-refractivity contribution is -0.546. The zero-order valence-corrected chi connectivity index (χ0v) is 14.4. The fraction of sp³-hybridized carbons (Fsp3) is 0.300. The maximum absolute atomic E-state index is 12.0. The second kappa shape index (κ2) is 5.34. The van der Waals surface area contributed by atoms with Gasteiger partial charge in [-0.25, -0.2) is 0 Å². The van der Waals surface area contributed by atoms with E-state index in [9.17, 15) is 10.1 Å². The van der Waals surface area contributed by atoms with E-state index in [4.69, 9.17) is 4.74 Å². The molecule has 0 saturated carbocycles. The number of hydrogen-bond acceptors (Lipinski definition) is 3. The molecular weight excluding hydrogens is 316 g/mol. The van der Waals surface area contributed by atoms with Gasteiger partial charge < -0.3 is 9.72 Å². The van der Waals surface area contributed by atoms with Crippen LogP contribution < -0.4 is 4.74 Å². The minimum Gasteiger partial charge on any atom is -0.480 e. The Hall–Kier alpha value is -2.82. The van der Waals surface area contributed by atoms with Gasteiger partial charge in [-0.15, -0.1) is 0 Å². The average molecular weight is 336 g/mol. The third-order valence-electron chi connectivity index (χ3n) is 5.14. The van der Waals surface area contributed by atoms with E-state index in [-0.39, 0.29) is 10.8 Å². The van der Waals surface area contributed by atoms with Crippen molar-refractivity contribution in [3.05, 3.63) is 75.5 Å². The van der Waals surface area contributed by atoms with Gasteiger partial charge in [0.1, 0.15) is 5.75 Å². The normalized spacial score (nSPS) is 21.6. The second-order valence-electron chi connectivity index (χ2n) is 7.16. The largest absolute Gasteiger partial charge is 0.480 e. The molecule has 0 fully saturated rings. The zero-order chi connectivity index (χ0) is 17.8. The molecular formula is C20H20N2O3. The van der Waals surface area contributed by atoms with Crippen LogP contribution in [0, 0.1) is 17.0 Å². The number of nitro groups is 1. The summed E-state index contributed by atoms with van der Waals surface area (Å²) in [4.78, 5) is 15.2. The molecule has 0 bridgehead atoms. The van der Waals surface area contributed by atoms with Crippen molar-refractivity contribution in [1.29, 1.82) is 0 Å². The Morgan fingerprint density at radius 2 is 1.80 bits per heavy atom. The molecule has 0 saturated heterocycles. The van der Waals surface area contributed by atoms with Gasteiger partial charge in [0, 0.05) is 27.1 Å². The van der Waals surface area contributed by atoms with Gasteiger partial charge in [0.25, 0.3) is 6.04 Å². The molecule has 0 spiro atoms. The highest BCUT2D eigenvalue weighted by Crippen LogP contribution is 2.47. The Labute approximate surface area is 145 Å². The number of aryl methyl sites for hydroxylation is 1. The first-order chi connectivity index (χ1) is 11.9. The molecule has 4 rings (SSSR count). The Bertz CT molecular complexity index is 974. The van der Waals surface area contributed by atoms with Crippen molar-refractivity contribution < 1.29 is 9.66 Å². The lowest BCUT2D eigenvalue weighted by Crippen LogP contribution is -2.53. The number of para-hydroxylation sites is 2. The molecule has 0 unspecified atom stereocenters. The first-order valence-corrected chi connectivity index (χ1v) is 8.39. The molecule has 1 aliphatic heterocycles. The molecule has 2 atom stereocenters. The average Bonchev–Trinajstić information content (AvgIpc) is 2.88. The summed E-state index contributed by atoms with van der Waals surface area (Å²) in [5, 5.41) is 13.1. The van der Waals surface area contributed by atoms with Crippen LogP contribution in [0.2, 0.25) is 0 Å². The van der Waals surface area contributed by atoms with E-state index in [0.717, 1.165) is 33.5 Å². The predicted molar refractivity (Wildman–Crippen MR) is 96.8 cm³/mol. The molecule has 2 heterocycles. The molecule has 25 heavy (non-hydrogen) atoms. The summed E-state index contributed by atoms with van der Waals surface area (Å²) in [6, 6.07) is 14.7. The zero-order valence-electron chi connectivity index (χ0n) is 14.4. The number of H-pyrrole nitrogens is 1. The molecule has 3 aromatic rings. The van der Waals surface area contributed by atoms with Gasteiger partial charge in [-0.05, 0) is 38.5 Å². The molecule has 5 nitrogen and oxygen atoms in total. The number of aromatic amines is 1. The maximum atomic E-state index is 12.0. The quantitative estimate of drug-likeness (QED) is 0.556. The monoisotopic (exact) mass is 336 g/mol. The summed E-state index contributed by atoms with van der Waals surface area (Å²) in [6.45, 7) is 5.58. The highest BCUT2D eigenvalue weighted by Gasteiger charge is 2.53. The summed E-state index contributed by atoms with van der Waals surface area (Å²) in [5.41, 5.74) is 2.91. The molecule has 1 aromatic heterocycles. The fourth-order valence-electron chi connectivity index (χ4n) is 4.13. The summed E-state index contributed by atoms with van der Waals surface area (Å²) in [5.74, 6) is 0.353. The third-order valence-corrected chi connectivity index (χ3v) is 5.14. The summed E-state index contributed by atoms with van der Waals surface area (Å²) >= 11 is 0. The molecule has 1 N–H and O–H groups in total. The molecule has 0 amide bonds. The SMILES string of the molecule is Cc1[nH]c2ccccc2c1[C@H]1c2ccccc2OC(C)(C)[C@@H]1[N+](=O)[O-]. The summed E-state index contributed by atoms with van der Waals surface area (Å²) in [6.07, 6.45) is 0.